The van der Waals surface area contributed by atoms with Crippen LogP contribution in [0.25, 0.3) is 0 Å². The normalized spacial score (nSPS) is 16.3. The maximum Gasteiger partial charge on any atom is 0.161 e. The van der Waals surface area contributed by atoms with Crippen molar-refractivity contribution in [2.45, 2.75) is 25.9 Å². The number of aryl methyl sites for hydroxylation is 1. The molecule has 29 heavy (non-hydrogen) atoms. The van der Waals surface area contributed by atoms with Gasteiger partial charge >= 0.3 is 0 Å². The number of hydrogen-bond donors (Lipinski definition) is 0. The van der Waals surface area contributed by atoms with Gasteiger partial charge in [-0.05, 0) is 42.7 Å². The van der Waals surface area contributed by atoms with Crippen molar-refractivity contribution in [3.05, 3.63) is 82.7 Å². The van der Waals surface area contributed by atoms with E-state index < -0.39 is 0 Å². The highest BCUT2D eigenvalue weighted by molar-refractivity contribution is 5.51. The van der Waals surface area contributed by atoms with Gasteiger partial charge in [0.15, 0.2) is 11.5 Å². The van der Waals surface area contributed by atoms with E-state index in [0.717, 1.165) is 35.5 Å². The van der Waals surface area contributed by atoms with Crippen molar-refractivity contribution in [1.82, 2.24) is 14.9 Å². The average Bonchev–Trinajstić information content (AvgIpc) is 2.75. The number of rotatable bonds is 5. The Morgan fingerprint density at radius 2 is 1.72 bits per heavy atom. The molecule has 0 radical (unpaired) electrons. The Kier molecular flexibility index (Phi) is 5.45. The van der Waals surface area contributed by atoms with Gasteiger partial charge in [0.05, 0.1) is 20.3 Å². The van der Waals surface area contributed by atoms with E-state index in [1.807, 2.05) is 43.6 Å². The van der Waals surface area contributed by atoms with E-state index in [2.05, 4.69) is 14.9 Å². The molecule has 3 aromatic rings. The lowest BCUT2D eigenvalue weighted by molar-refractivity contribution is 0.199. The highest BCUT2D eigenvalue weighted by Gasteiger charge is 2.32. The number of benzene rings is 2. The van der Waals surface area contributed by atoms with Crippen LogP contribution >= 0.6 is 0 Å². The van der Waals surface area contributed by atoms with Gasteiger partial charge in [-0.2, -0.15) is 0 Å². The predicted octanol–water partition coefficient (Wildman–Crippen LogP) is 4.09. The molecule has 0 aliphatic carbocycles. The fourth-order valence-electron chi connectivity index (χ4n) is 3.96. The molecule has 1 aliphatic rings. The molecule has 1 aliphatic heterocycles. The Hall–Kier alpha value is -2.99. The molecule has 0 saturated heterocycles. The number of nitrogens with zero attached hydrogens (tertiary/aromatic N) is 3. The summed E-state index contributed by atoms with van der Waals surface area (Å²) >= 11 is 0. The van der Waals surface area contributed by atoms with E-state index in [-0.39, 0.29) is 11.9 Å². The highest BCUT2D eigenvalue weighted by Crippen LogP contribution is 2.42. The molecule has 5 nitrogen and oxygen atoms in total. The Bertz CT molecular complexity index is 1010. The van der Waals surface area contributed by atoms with E-state index in [1.165, 1.54) is 6.07 Å². The molecule has 6 heteroatoms. The molecule has 0 fully saturated rings. The topological polar surface area (TPSA) is 47.5 Å². The maximum atomic E-state index is 14.9. The predicted molar refractivity (Wildman–Crippen MR) is 109 cm³/mol. The summed E-state index contributed by atoms with van der Waals surface area (Å²) < 4.78 is 25.9. The lowest BCUT2D eigenvalue weighted by Gasteiger charge is -2.38. The Balaban J connectivity index is 1.81. The van der Waals surface area contributed by atoms with Gasteiger partial charge in [-0.1, -0.05) is 18.2 Å². The standard InChI is InChI=1S/C23H24FN3O2/c1-15-25-12-16(13-26-15)14-27-9-8-17-10-21(28-2)22(29-3)11-19(17)23(27)18-6-4-5-7-20(18)24/h4-7,10-13,23H,8-9,14H2,1-3H3/t23-/m0/s1. The average molecular weight is 393 g/mol. The first-order chi connectivity index (χ1) is 14.1. The van der Waals surface area contributed by atoms with Gasteiger partial charge in [-0.25, -0.2) is 14.4 Å². The van der Waals surface area contributed by atoms with Crippen molar-refractivity contribution in [2.75, 3.05) is 20.8 Å². The Morgan fingerprint density at radius 3 is 2.41 bits per heavy atom. The van der Waals surface area contributed by atoms with E-state index in [4.69, 9.17) is 9.47 Å². The molecule has 0 saturated carbocycles. The van der Waals surface area contributed by atoms with Gasteiger partial charge < -0.3 is 9.47 Å². The number of hydrogen-bond acceptors (Lipinski definition) is 5. The second kappa shape index (κ2) is 8.17. The van der Waals surface area contributed by atoms with Gasteiger partial charge in [-0.3, -0.25) is 4.90 Å². The Morgan fingerprint density at radius 1 is 1.03 bits per heavy atom. The first-order valence-corrected chi connectivity index (χ1v) is 9.61. The monoisotopic (exact) mass is 393 g/mol. The van der Waals surface area contributed by atoms with Crippen molar-refractivity contribution in [2.24, 2.45) is 0 Å². The number of halogens is 1. The molecule has 0 spiro atoms. The van der Waals surface area contributed by atoms with Gasteiger partial charge in [0.1, 0.15) is 11.6 Å². The van der Waals surface area contributed by atoms with Crippen LogP contribution in [0.5, 0.6) is 11.5 Å². The number of ether oxygens (including phenoxy) is 2. The summed E-state index contributed by atoms with van der Waals surface area (Å²) in [5.74, 6) is 1.86. The second-order valence-corrected chi connectivity index (χ2v) is 7.19. The number of aromatic nitrogens is 2. The summed E-state index contributed by atoms with van der Waals surface area (Å²) in [5.41, 5.74) is 3.83. The molecule has 2 heterocycles. The van der Waals surface area contributed by atoms with Crippen molar-refractivity contribution < 1.29 is 13.9 Å². The molecular formula is C23H24FN3O2. The third kappa shape index (κ3) is 3.80. The summed E-state index contributed by atoms with van der Waals surface area (Å²) in [6.45, 7) is 3.28. The number of fused-ring (bicyclic) bond motifs is 1. The molecule has 4 rings (SSSR count). The van der Waals surface area contributed by atoms with Crippen molar-refractivity contribution in [3.63, 3.8) is 0 Å². The molecule has 150 valence electrons. The van der Waals surface area contributed by atoms with E-state index in [1.54, 1.807) is 20.3 Å². The molecule has 0 N–H and O–H groups in total. The Labute approximate surface area is 170 Å². The molecule has 0 unspecified atom stereocenters. The van der Waals surface area contributed by atoms with Crippen molar-refractivity contribution >= 4 is 0 Å². The van der Waals surface area contributed by atoms with Gasteiger partial charge in [0, 0.05) is 36.6 Å². The van der Waals surface area contributed by atoms with Crippen LogP contribution in [-0.4, -0.2) is 35.6 Å². The van der Waals surface area contributed by atoms with E-state index >= 15 is 0 Å². The summed E-state index contributed by atoms with van der Waals surface area (Å²) in [4.78, 5) is 10.9. The lowest BCUT2D eigenvalue weighted by Crippen LogP contribution is -2.36. The van der Waals surface area contributed by atoms with Crippen LogP contribution in [0.1, 0.15) is 34.1 Å². The molecule has 1 atom stereocenters. The van der Waals surface area contributed by atoms with Gasteiger partial charge in [0.2, 0.25) is 0 Å². The second-order valence-electron chi connectivity index (χ2n) is 7.19. The van der Waals surface area contributed by atoms with Crippen LogP contribution in [0.15, 0.2) is 48.8 Å². The molecule has 0 amide bonds. The van der Waals surface area contributed by atoms with Crippen LogP contribution < -0.4 is 9.47 Å². The SMILES string of the molecule is COc1cc2c(cc1OC)[C@H](c1ccccc1F)N(Cc1cnc(C)nc1)CC2. The molecule has 0 bridgehead atoms. The zero-order valence-corrected chi connectivity index (χ0v) is 16.9. The zero-order chi connectivity index (χ0) is 20.4. The minimum absolute atomic E-state index is 0.217. The first-order valence-electron chi connectivity index (χ1n) is 9.61. The van der Waals surface area contributed by atoms with Crippen LogP contribution in [0, 0.1) is 12.7 Å². The van der Waals surface area contributed by atoms with E-state index in [0.29, 0.717) is 23.6 Å². The lowest BCUT2D eigenvalue weighted by atomic mass is 9.87. The molecular weight excluding hydrogens is 369 g/mol. The van der Waals surface area contributed by atoms with Crippen LogP contribution in [0.4, 0.5) is 4.39 Å². The van der Waals surface area contributed by atoms with Gasteiger partial charge in [-0.15, -0.1) is 0 Å². The fourth-order valence-corrected chi connectivity index (χ4v) is 3.96. The van der Waals surface area contributed by atoms with Crippen LogP contribution in [0.3, 0.4) is 0 Å². The van der Waals surface area contributed by atoms with E-state index in [9.17, 15) is 4.39 Å². The quantitative estimate of drug-likeness (QED) is 0.653. The van der Waals surface area contributed by atoms with Crippen molar-refractivity contribution in [1.29, 1.82) is 0 Å². The summed E-state index contributed by atoms with van der Waals surface area (Å²) in [7, 11) is 3.25. The van der Waals surface area contributed by atoms with Gasteiger partial charge in [0.25, 0.3) is 0 Å². The summed E-state index contributed by atoms with van der Waals surface area (Å²) in [5, 5.41) is 0. The third-order valence-electron chi connectivity index (χ3n) is 5.39. The van der Waals surface area contributed by atoms with Crippen LogP contribution in [0.2, 0.25) is 0 Å². The first kappa shape index (κ1) is 19.3. The zero-order valence-electron chi connectivity index (χ0n) is 16.9. The smallest absolute Gasteiger partial charge is 0.161 e. The minimum Gasteiger partial charge on any atom is -0.493 e. The highest BCUT2D eigenvalue weighted by atomic mass is 19.1. The summed E-state index contributed by atoms with van der Waals surface area (Å²) in [6, 6.07) is 10.7. The maximum absolute atomic E-state index is 14.9. The number of methoxy groups -OCH3 is 2. The summed E-state index contributed by atoms with van der Waals surface area (Å²) in [6.07, 6.45) is 4.52. The van der Waals surface area contributed by atoms with Crippen LogP contribution in [-0.2, 0) is 13.0 Å². The fraction of sp³-hybridized carbons (Fsp3) is 0.304. The largest absolute Gasteiger partial charge is 0.493 e. The van der Waals surface area contributed by atoms with Crippen molar-refractivity contribution in [3.8, 4) is 11.5 Å². The minimum atomic E-state index is -0.235. The molecule has 1 aromatic heterocycles. The third-order valence-corrected chi connectivity index (χ3v) is 5.39. The molecule has 2 aromatic carbocycles.